The molecule has 5 atom stereocenters. The van der Waals surface area contributed by atoms with Gasteiger partial charge in [-0.2, -0.15) is 0 Å². The first-order valence-electron chi connectivity index (χ1n) is 9.17. The molecule has 22 heavy (non-hydrogen) atoms. The second kappa shape index (κ2) is 4.94. The first kappa shape index (κ1) is 14.5. The number of fused-ring (bicyclic) bond motifs is 5. The summed E-state index contributed by atoms with van der Waals surface area (Å²) in [6, 6.07) is 0. The highest BCUT2D eigenvalue weighted by molar-refractivity contribution is 6.02. The molecule has 118 valence electrons. The van der Waals surface area contributed by atoms with Crippen molar-refractivity contribution < 1.29 is 4.79 Å². The molecule has 0 aromatic heterocycles. The molecular weight excluding hydrogens is 268 g/mol. The number of allylic oxidation sites excluding steroid dienone is 4. The third-order valence-corrected chi connectivity index (χ3v) is 7.37. The molecule has 4 aliphatic carbocycles. The van der Waals surface area contributed by atoms with Crippen molar-refractivity contribution in [1.82, 2.24) is 0 Å². The Morgan fingerprint density at radius 3 is 2.91 bits per heavy atom. The fourth-order valence-electron chi connectivity index (χ4n) is 6.43. The largest absolute Gasteiger partial charge is 0.294 e. The first-order chi connectivity index (χ1) is 10.6. The fraction of sp³-hybridized carbons (Fsp3) is 0.667. The average Bonchev–Trinajstić information content (AvgIpc) is 2.79. The Bertz CT molecular complexity index is 581. The fourth-order valence-corrected chi connectivity index (χ4v) is 6.43. The van der Waals surface area contributed by atoms with Crippen molar-refractivity contribution in [2.75, 3.05) is 0 Å². The molecule has 0 unspecified atom stereocenters. The number of carbonyl (C=O) groups is 1. The van der Waals surface area contributed by atoms with Crippen LogP contribution < -0.4 is 0 Å². The van der Waals surface area contributed by atoms with Gasteiger partial charge >= 0.3 is 0 Å². The second-order valence-corrected chi connectivity index (χ2v) is 8.13. The van der Waals surface area contributed by atoms with Gasteiger partial charge in [0.05, 0.1) is 0 Å². The van der Waals surface area contributed by atoms with Gasteiger partial charge in [-0.3, -0.25) is 4.79 Å². The van der Waals surface area contributed by atoms with E-state index in [4.69, 9.17) is 0 Å². The quantitative estimate of drug-likeness (QED) is 0.477. The maximum Gasteiger partial charge on any atom is 0.165 e. The molecule has 4 rings (SSSR count). The summed E-state index contributed by atoms with van der Waals surface area (Å²) in [6.45, 7) is 10.8. The van der Waals surface area contributed by atoms with Crippen LogP contribution in [-0.2, 0) is 4.79 Å². The van der Waals surface area contributed by atoms with E-state index in [1.807, 2.05) is 0 Å². The summed E-state index contributed by atoms with van der Waals surface area (Å²) in [5, 5.41) is 0. The highest BCUT2D eigenvalue weighted by Gasteiger charge is 2.59. The van der Waals surface area contributed by atoms with Gasteiger partial charge in [0.1, 0.15) is 0 Å². The van der Waals surface area contributed by atoms with Gasteiger partial charge in [0.25, 0.3) is 0 Å². The van der Waals surface area contributed by atoms with Crippen molar-refractivity contribution in [3.05, 3.63) is 36.0 Å². The monoisotopic (exact) mass is 296 g/mol. The van der Waals surface area contributed by atoms with Crippen LogP contribution in [0.1, 0.15) is 58.3 Å². The maximum atomic E-state index is 12.8. The molecule has 0 aromatic rings. The summed E-state index contributed by atoms with van der Waals surface area (Å²) in [7, 11) is 0. The molecule has 0 aromatic carbocycles. The minimum atomic E-state index is -0.148. The Morgan fingerprint density at radius 1 is 1.32 bits per heavy atom. The van der Waals surface area contributed by atoms with E-state index in [0.29, 0.717) is 23.5 Å². The summed E-state index contributed by atoms with van der Waals surface area (Å²) in [4.78, 5) is 12.8. The van der Waals surface area contributed by atoms with E-state index in [1.165, 1.54) is 37.7 Å². The van der Waals surface area contributed by atoms with Crippen molar-refractivity contribution in [3.8, 4) is 0 Å². The van der Waals surface area contributed by atoms with Gasteiger partial charge < -0.3 is 0 Å². The summed E-state index contributed by atoms with van der Waals surface area (Å²) in [5.74, 6) is 2.95. The maximum absolute atomic E-state index is 12.8. The van der Waals surface area contributed by atoms with Gasteiger partial charge in [0.2, 0.25) is 0 Å². The van der Waals surface area contributed by atoms with Crippen molar-refractivity contribution in [3.63, 3.8) is 0 Å². The van der Waals surface area contributed by atoms with Crippen LogP contribution in [-0.4, -0.2) is 5.78 Å². The summed E-state index contributed by atoms with van der Waals surface area (Å²) in [5.41, 5.74) is 3.83. The molecule has 0 bridgehead atoms. The third-order valence-electron chi connectivity index (χ3n) is 7.37. The van der Waals surface area contributed by atoms with E-state index >= 15 is 0 Å². The molecule has 3 fully saturated rings. The predicted octanol–water partition coefficient (Wildman–Crippen LogP) is 5.24. The van der Waals surface area contributed by atoms with Crippen LogP contribution in [0.5, 0.6) is 0 Å². The van der Waals surface area contributed by atoms with Crippen LogP contribution in [0.25, 0.3) is 0 Å². The zero-order chi connectivity index (χ0) is 15.5. The van der Waals surface area contributed by atoms with Crippen molar-refractivity contribution in [2.24, 2.45) is 29.1 Å². The lowest BCUT2D eigenvalue weighted by Gasteiger charge is -2.53. The zero-order valence-corrected chi connectivity index (χ0v) is 13.9. The van der Waals surface area contributed by atoms with Gasteiger partial charge in [-0.1, -0.05) is 37.3 Å². The Hall–Kier alpha value is -1.11. The minimum Gasteiger partial charge on any atom is -0.294 e. The van der Waals surface area contributed by atoms with E-state index in [0.717, 1.165) is 30.8 Å². The molecule has 0 N–H and O–H groups in total. The van der Waals surface area contributed by atoms with Crippen LogP contribution in [0.2, 0.25) is 0 Å². The van der Waals surface area contributed by atoms with E-state index in [-0.39, 0.29) is 5.41 Å². The Balaban J connectivity index is 1.75. The van der Waals surface area contributed by atoms with Crippen LogP contribution in [0.3, 0.4) is 0 Å². The summed E-state index contributed by atoms with van der Waals surface area (Å²) < 4.78 is 0. The Morgan fingerprint density at radius 2 is 2.14 bits per heavy atom. The van der Waals surface area contributed by atoms with Gasteiger partial charge in [0.15, 0.2) is 5.78 Å². The van der Waals surface area contributed by atoms with Crippen LogP contribution in [0.15, 0.2) is 36.0 Å². The Kier molecular flexibility index (Phi) is 3.25. The molecule has 0 heterocycles. The lowest BCUT2D eigenvalue weighted by molar-refractivity contribution is -0.128. The smallest absolute Gasteiger partial charge is 0.165 e. The number of ketones is 1. The van der Waals surface area contributed by atoms with Crippen LogP contribution >= 0.6 is 0 Å². The highest BCUT2D eigenvalue weighted by Crippen LogP contribution is 2.63. The topological polar surface area (TPSA) is 17.1 Å². The zero-order valence-electron chi connectivity index (χ0n) is 13.9. The lowest BCUT2D eigenvalue weighted by atomic mass is 9.50. The number of hydrogen-bond donors (Lipinski definition) is 0. The van der Waals surface area contributed by atoms with E-state index in [1.54, 1.807) is 5.57 Å². The van der Waals surface area contributed by atoms with Crippen molar-refractivity contribution >= 4 is 5.78 Å². The number of hydrogen-bond acceptors (Lipinski definition) is 1. The Labute approximate surface area is 134 Å². The van der Waals surface area contributed by atoms with Crippen molar-refractivity contribution in [1.29, 1.82) is 0 Å². The molecule has 1 nitrogen and oxygen atoms in total. The molecule has 0 amide bonds. The van der Waals surface area contributed by atoms with Gasteiger partial charge in [-0.05, 0) is 80.6 Å². The average molecular weight is 296 g/mol. The van der Waals surface area contributed by atoms with E-state index < -0.39 is 0 Å². The van der Waals surface area contributed by atoms with Crippen molar-refractivity contribution in [2.45, 2.75) is 58.3 Å². The molecule has 0 radical (unpaired) electrons. The van der Waals surface area contributed by atoms with Crippen LogP contribution in [0, 0.1) is 29.1 Å². The highest BCUT2D eigenvalue weighted by atomic mass is 16.1. The summed E-state index contributed by atoms with van der Waals surface area (Å²) >= 11 is 0. The molecule has 3 saturated carbocycles. The second-order valence-electron chi connectivity index (χ2n) is 8.13. The number of carbonyl (C=O) groups excluding carboxylic acids is 1. The summed E-state index contributed by atoms with van der Waals surface area (Å²) in [6.07, 6.45) is 11.8. The van der Waals surface area contributed by atoms with Gasteiger partial charge in [0, 0.05) is 5.41 Å². The van der Waals surface area contributed by atoms with Gasteiger partial charge in [-0.25, -0.2) is 0 Å². The standard InChI is InChI=1S/C21H28O/c1-4-21-12-14(3)19-16-8-6-5-7-15(16)9-10-17(19)18(21)11-13(2)20(21)22/h7,16-19H,2-6,8-12H2,1H3/t16-,17-,18-,19+,21-/m0/s1. The molecular formula is C21H28O. The normalized spacial score (nSPS) is 44.2. The molecule has 0 saturated heterocycles. The van der Waals surface area contributed by atoms with Crippen LogP contribution in [0.4, 0.5) is 0 Å². The molecule has 1 heteroatoms. The third kappa shape index (κ3) is 1.74. The van der Waals surface area contributed by atoms with Gasteiger partial charge in [-0.15, -0.1) is 0 Å². The predicted molar refractivity (Wildman–Crippen MR) is 90.4 cm³/mol. The molecule has 0 aliphatic heterocycles. The number of Topliss-reactive ketones (excluding diaryl/α,β-unsaturated/α-hetero) is 1. The first-order valence-corrected chi connectivity index (χ1v) is 9.17. The van der Waals surface area contributed by atoms with E-state index in [2.05, 4.69) is 26.2 Å². The molecule has 4 aliphatic rings. The SMILES string of the molecule is C=C1C[C@H]2[C@@H]3CCC4=CCCC[C@@H]4[C@H]3C(=C)C[C@]2(CC)C1=O. The number of rotatable bonds is 1. The van der Waals surface area contributed by atoms with E-state index in [9.17, 15) is 4.79 Å². The minimum absolute atomic E-state index is 0.148. The molecule has 0 spiro atoms. The lowest BCUT2D eigenvalue weighted by Crippen LogP contribution is -2.48.